The quantitative estimate of drug-likeness (QED) is 0.337. The molecule has 3 aromatic carbocycles. The first kappa shape index (κ1) is 13.9. The van der Waals surface area contributed by atoms with Gasteiger partial charge in [0.15, 0.2) is 12.7 Å². The minimum absolute atomic E-state index is 0.911. The SMILES string of the molecule is c1ccc2c(c1)Oc1ccc3c(c1-c1ccccc1-2)-c1cccc[n+]1C3. The van der Waals surface area contributed by atoms with E-state index in [1.165, 1.54) is 33.5 Å². The molecule has 2 aliphatic rings. The average Bonchev–Trinajstić information content (AvgIpc) is 3.00. The molecule has 0 atom stereocenters. The maximum Gasteiger partial charge on any atom is 0.214 e. The number of pyridine rings is 1. The van der Waals surface area contributed by atoms with E-state index in [1.807, 2.05) is 6.07 Å². The summed E-state index contributed by atoms with van der Waals surface area (Å²) in [7, 11) is 0. The van der Waals surface area contributed by atoms with Gasteiger partial charge in [0, 0.05) is 28.8 Å². The van der Waals surface area contributed by atoms with Gasteiger partial charge in [-0.25, -0.2) is 0 Å². The van der Waals surface area contributed by atoms with E-state index in [0.717, 1.165) is 23.6 Å². The van der Waals surface area contributed by atoms with E-state index in [-0.39, 0.29) is 0 Å². The number of hydrogen-bond donors (Lipinski definition) is 0. The minimum Gasteiger partial charge on any atom is -0.456 e. The molecule has 0 fully saturated rings. The fourth-order valence-electron chi connectivity index (χ4n) is 4.26. The standard InChI is InChI=1S/C24H16NO/c1-2-9-19-17(7-1)18-8-3-4-11-21(18)26-22-13-12-16-15-25-14-6-5-10-20(25)23(16)24(19)22/h1-14H,15H2/q+1. The molecule has 0 amide bonds. The van der Waals surface area contributed by atoms with Crippen molar-refractivity contribution < 1.29 is 9.30 Å². The Morgan fingerprint density at radius 2 is 1.38 bits per heavy atom. The maximum absolute atomic E-state index is 6.42. The molecule has 0 unspecified atom stereocenters. The summed E-state index contributed by atoms with van der Waals surface area (Å²) in [6.45, 7) is 0.911. The predicted octanol–water partition coefficient (Wildman–Crippen LogP) is 5.44. The first-order chi connectivity index (χ1) is 12.9. The molecule has 2 heteroatoms. The second kappa shape index (κ2) is 5.06. The van der Waals surface area contributed by atoms with E-state index < -0.39 is 0 Å². The summed E-state index contributed by atoms with van der Waals surface area (Å²) in [5.74, 6) is 1.84. The summed E-state index contributed by atoms with van der Waals surface area (Å²) in [4.78, 5) is 0. The highest BCUT2D eigenvalue weighted by molar-refractivity contribution is 5.97. The number of benzene rings is 3. The molecule has 0 N–H and O–H groups in total. The Hall–Kier alpha value is -3.39. The van der Waals surface area contributed by atoms with Crippen LogP contribution in [0.2, 0.25) is 0 Å². The number of nitrogens with zero attached hydrogens (tertiary/aromatic N) is 1. The number of para-hydroxylation sites is 1. The van der Waals surface area contributed by atoms with Gasteiger partial charge in [-0.3, -0.25) is 0 Å². The van der Waals surface area contributed by atoms with Crippen LogP contribution in [0.3, 0.4) is 0 Å². The molecule has 0 saturated carbocycles. The zero-order valence-electron chi connectivity index (χ0n) is 14.1. The van der Waals surface area contributed by atoms with Crippen molar-refractivity contribution in [2.45, 2.75) is 6.54 Å². The summed E-state index contributed by atoms with van der Waals surface area (Å²) in [6, 6.07) is 27.7. The molecule has 2 nitrogen and oxygen atoms in total. The van der Waals surface area contributed by atoms with Crippen molar-refractivity contribution in [3.63, 3.8) is 0 Å². The molecule has 3 heterocycles. The van der Waals surface area contributed by atoms with Gasteiger partial charge in [-0.15, -0.1) is 0 Å². The van der Waals surface area contributed by atoms with Gasteiger partial charge in [0.1, 0.15) is 11.5 Å². The number of fused-ring (bicyclic) bond motifs is 9. The highest BCUT2D eigenvalue weighted by atomic mass is 16.5. The van der Waals surface area contributed by atoms with Crippen LogP contribution < -0.4 is 9.30 Å². The van der Waals surface area contributed by atoms with Crippen molar-refractivity contribution in [3.8, 4) is 45.0 Å². The van der Waals surface area contributed by atoms with Gasteiger partial charge in [-0.2, -0.15) is 4.57 Å². The molecule has 0 aliphatic carbocycles. The molecule has 6 rings (SSSR count). The van der Waals surface area contributed by atoms with Crippen LogP contribution in [0, 0.1) is 0 Å². The van der Waals surface area contributed by atoms with Crippen molar-refractivity contribution in [2.75, 3.05) is 0 Å². The van der Waals surface area contributed by atoms with Gasteiger partial charge in [0.05, 0.1) is 5.56 Å². The van der Waals surface area contributed by atoms with Crippen LogP contribution in [0.1, 0.15) is 5.56 Å². The summed E-state index contributed by atoms with van der Waals surface area (Å²) < 4.78 is 8.73. The summed E-state index contributed by atoms with van der Waals surface area (Å²) >= 11 is 0. The van der Waals surface area contributed by atoms with E-state index in [4.69, 9.17) is 4.74 Å². The Morgan fingerprint density at radius 3 is 2.31 bits per heavy atom. The van der Waals surface area contributed by atoms with Crippen LogP contribution in [0.4, 0.5) is 0 Å². The Bertz CT molecular complexity index is 1190. The third-order valence-electron chi connectivity index (χ3n) is 5.38. The van der Waals surface area contributed by atoms with Gasteiger partial charge in [-0.1, -0.05) is 42.5 Å². The van der Waals surface area contributed by atoms with Crippen LogP contribution in [0.15, 0.2) is 85.1 Å². The second-order valence-corrected chi connectivity index (χ2v) is 6.83. The van der Waals surface area contributed by atoms with Gasteiger partial charge >= 0.3 is 0 Å². The van der Waals surface area contributed by atoms with Crippen LogP contribution in [0.5, 0.6) is 11.5 Å². The summed E-state index contributed by atoms with van der Waals surface area (Å²) in [6.07, 6.45) is 2.15. The van der Waals surface area contributed by atoms with Crippen molar-refractivity contribution in [2.24, 2.45) is 0 Å². The smallest absolute Gasteiger partial charge is 0.214 e. The molecule has 1 aromatic heterocycles. The van der Waals surface area contributed by atoms with Crippen molar-refractivity contribution >= 4 is 0 Å². The van der Waals surface area contributed by atoms with Crippen LogP contribution in [-0.2, 0) is 6.54 Å². The molecular weight excluding hydrogens is 318 g/mol. The first-order valence-electron chi connectivity index (χ1n) is 8.91. The number of hydrogen-bond acceptors (Lipinski definition) is 1. The molecule has 4 aromatic rings. The number of aromatic nitrogens is 1. The van der Waals surface area contributed by atoms with Crippen LogP contribution in [0.25, 0.3) is 33.5 Å². The van der Waals surface area contributed by atoms with Crippen LogP contribution >= 0.6 is 0 Å². The van der Waals surface area contributed by atoms with Crippen molar-refractivity contribution in [1.82, 2.24) is 0 Å². The second-order valence-electron chi connectivity index (χ2n) is 6.83. The number of rotatable bonds is 0. The molecule has 0 bridgehead atoms. The van der Waals surface area contributed by atoms with Crippen molar-refractivity contribution in [1.29, 1.82) is 0 Å². The van der Waals surface area contributed by atoms with Crippen LogP contribution in [-0.4, -0.2) is 0 Å². The molecule has 2 aliphatic heterocycles. The lowest BCUT2D eigenvalue weighted by Gasteiger charge is -2.12. The third-order valence-corrected chi connectivity index (χ3v) is 5.38. The monoisotopic (exact) mass is 334 g/mol. The lowest BCUT2D eigenvalue weighted by molar-refractivity contribution is -0.672. The fourth-order valence-corrected chi connectivity index (χ4v) is 4.26. The zero-order valence-corrected chi connectivity index (χ0v) is 14.1. The number of ether oxygens (including phenoxy) is 1. The lowest BCUT2D eigenvalue weighted by atomic mass is 9.89. The zero-order chi connectivity index (χ0) is 17.1. The van der Waals surface area contributed by atoms with E-state index in [0.29, 0.717) is 0 Å². The largest absolute Gasteiger partial charge is 0.456 e. The van der Waals surface area contributed by atoms with Gasteiger partial charge in [-0.05, 0) is 35.4 Å². The molecule has 26 heavy (non-hydrogen) atoms. The predicted molar refractivity (Wildman–Crippen MR) is 102 cm³/mol. The highest BCUT2D eigenvalue weighted by Crippen LogP contribution is 2.51. The van der Waals surface area contributed by atoms with Gasteiger partial charge in [0.2, 0.25) is 5.69 Å². The molecular formula is C24H16NO+. The Balaban J connectivity index is 1.75. The Labute approximate surface area is 151 Å². The highest BCUT2D eigenvalue weighted by Gasteiger charge is 2.33. The van der Waals surface area contributed by atoms with Gasteiger partial charge in [0.25, 0.3) is 0 Å². The van der Waals surface area contributed by atoms with Crippen molar-refractivity contribution in [3.05, 3.63) is 90.6 Å². The van der Waals surface area contributed by atoms with E-state index in [2.05, 4.69) is 83.6 Å². The lowest BCUT2D eigenvalue weighted by Crippen LogP contribution is -2.31. The third kappa shape index (κ3) is 1.79. The summed E-state index contributed by atoms with van der Waals surface area (Å²) in [5.41, 5.74) is 8.70. The maximum atomic E-state index is 6.42. The first-order valence-corrected chi connectivity index (χ1v) is 8.91. The average molecular weight is 334 g/mol. The summed E-state index contributed by atoms with van der Waals surface area (Å²) in [5, 5.41) is 0. The molecule has 0 spiro atoms. The minimum atomic E-state index is 0.911. The van der Waals surface area contributed by atoms with E-state index >= 15 is 0 Å². The molecule has 0 radical (unpaired) electrons. The molecule has 122 valence electrons. The Morgan fingerprint density at radius 1 is 0.615 bits per heavy atom. The Kier molecular flexibility index (Phi) is 2.69. The normalized spacial score (nSPS) is 12.8. The van der Waals surface area contributed by atoms with Gasteiger partial charge < -0.3 is 4.74 Å². The van der Waals surface area contributed by atoms with E-state index in [1.54, 1.807) is 0 Å². The molecule has 0 saturated heterocycles. The fraction of sp³-hybridized carbons (Fsp3) is 0.0417. The van der Waals surface area contributed by atoms with E-state index in [9.17, 15) is 0 Å². The topological polar surface area (TPSA) is 13.1 Å².